The Balaban J connectivity index is 1.64. The standard InChI is InChI=1S/C16H22N2O2/c19-16(20)14(10-12-4-2-1-3-5-12)17-15-11-18-8-6-13(15)7-9-18/h1-5,13-15,17H,6-11H2,(H,19,20)/t14-,15?/m0/s1. The summed E-state index contributed by atoms with van der Waals surface area (Å²) in [5.74, 6) is -0.0945. The molecule has 2 bridgehead atoms. The molecule has 3 saturated heterocycles. The van der Waals surface area contributed by atoms with Gasteiger partial charge >= 0.3 is 5.97 Å². The molecule has 4 nitrogen and oxygen atoms in total. The van der Waals surface area contributed by atoms with Gasteiger partial charge < -0.3 is 10.0 Å². The van der Waals surface area contributed by atoms with E-state index >= 15 is 0 Å². The molecule has 2 N–H and O–H groups in total. The minimum atomic E-state index is -0.745. The van der Waals surface area contributed by atoms with Gasteiger partial charge in [-0.2, -0.15) is 0 Å². The summed E-state index contributed by atoms with van der Waals surface area (Å²) >= 11 is 0. The van der Waals surface area contributed by atoms with Crippen molar-refractivity contribution in [1.82, 2.24) is 10.2 Å². The third-order valence-electron chi connectivity index (χ3n) is 4.65. The predicted molar refractivity (Wildman–Crippen MR) is 77.7 cm³/mol. The van der Waals surface area contributed by atoms with Crippen LogP contribution in [0.3, 0.4) is 0 Å². The summed E-state index contributed by atoms with van der Waals surface area (Å²) in [5, 5.41) is 12.9. The molecular weight excluding hydrogens is 252 g/mol. The minimum Gasteiger partial charge on any atom is -0.480 e. The summed E-state index contributed by atoms with van der Waals surface area (Å²) in [4.78, 5) is 14.0. The Morgan fingerprint density at radius 3 is 2.55 bits per heavy atom. The maximum atomic E-state index is 11.5. The Labute approximate surface area is 119 Å². The van der Waals surface area contributed by atoms with Crippen molar-refractivity contribution in [2.24, 2.45) is 5.92 Å². The van der Waals surface area contributed by atoms with Crippen LogP contribution in [0, 0.1) is 5.92 Å². The number of hydrogen-bond donors (Lipinski definition) is 2. The van der Waals surface area contributed by atoms with Crippen molar-refractivity contribution in [3.05, 3.63) is 35.9 Å². The predicted octanol–water partition coefficient (Wildman–Crippen LogP) is 1.37. The monoisotopic (exact) mass is 274 g/mol. The molecule has 0 spiro atoms. The first-order valence-corrected chi connectivity index (χ1v) is 7.47. The molecule has 3 fully saturated rings. The fourth-order valence-electron chi connectivity index (χ4n) is 3.48. The van der Waals surface area contributed by atoms with Crippen molar-refractivity contribution in [1.29, 1.82) is 0 Å². The molecule has 20 heavy (non-hydrogen) atoms. The Bertz CT molecular complexity index is 455. The number of fused-ring (bicyclic) bond motifs is 3. The number of carbonyl (C=O) groups is 1. The van der Waals surface area contributed by atoms with Gasteiger partial charge in [0.1, 0.15) is 6.04 Å². The smallest absolute Gasteiger partial charge is 0.321 e. The Morgan fingerprint density at radius 2 is 2.00 bits per heavy atom. The van der Waals surface area contributed by atoms with E-state index in [1.165, 1.54) is 25.9 Å². The number of aliphatic carboxylic acids is 1. The second kappa shape index (κ2) is 5.94. The average molecular weight is 274 g/mol. The maximum absolute atomic E-state index is 11.5. The van der Waals surface area contributed by atoms with E-state index in [9.17, 15) is 9.90 Å². The van der Waals surface area contributed by atoms with Crippen LogP contribution < -0.4 is 5.32 Å². The van der Waals surface area contributed by atoms with Gasteiger partial charge in [0.15, 0.2) is 0 Å². The molecule has 1 aromatic carbocycles. The van der Waals surface area contributed by atoms with Crippen LogP contribution >= 0.6 is 0 Å². The van der Waals surface area contributed by atoms with Gasteiger partial charge in [0, 0.05) is 12.6 Å². The lowest BCUT2D eigenvalue weighted by Crippen LogP contribution is -2.59. The topological polar surface area (TPSA) is 52.6 Å². The molecule has 1 aromatic rings. The molecule has 3 aliphatic heterocycles. The van der Waals surface area contributed by atoms with Crippen LogP contribution in [0.4, 0.5) is 0 Å². The van der Waals surface area contributed by atoms with Crippen LogP contribution in [-0.2, 0) is 11.2 Å². The van der Waals surface area contributed by atoms with Gasteiger partial charge in [0.05, 0.1) is 0 Å². The molecule has 4 heteroatoms. The second-order valence-corrected chi connectivity index (χ2v) is 5.99. The van der Waals surface area contributed by atoms with E-state index in [-0.39, 0.29) is 0 Å². The molecule has 0 aromatic heterocycles. The van der Waals surface area contributed by atoms with Gasteiger partial charge in [-0.15, -0.1) is 0 Å². The van der Waals surface area contributed by atoms with E-state index < -0.39 is 12.0 Å². The third kappa shape index (κ3) is 3.02. The lowest BCUT2D eigenvalue weighted by Gasteiger charge is -2.45. The van der Waals surface area contributed by atoms with E-state index in [1.807, 2.05) is 30.3 Å². The SMILES string of the molecule is O=C(O)[C@H](Cc1ccccc1)NC1CN2CCC1CC2. The lowest BCUT2D eigenvalue weighted by atomic mass is 9.83. The van der Waals surface area contributed by atoms with Gasteiger partial charge in [0.2, 0.25) is 0 Å². The highest BCUT2D eigenvalue weighted by Crippen LogP contribution is 2.27. The molecule has 3 aliphatic rings. The van der Waals surface area contributed by atoms with Crippen molar-refractivity contribution in [2.45, 2.75) is 31.3 Å². The highest BCUT2D eigenvalue weighted by molar-refractivity contribution is 5.74. The zero-order valence-electron chi connectivity index (χ0n) is 11.7. The van der Waals surface area contributed by atoms with E-state index in [2.05, 4.69) is 10.2 Å². The fourth-order valence-corrected chi connectivity index (χ4v) is 3.48. The Kier molecular flexibility index (Phi) is 4.03. The number of hydrogen-bond acceptors (Lipinski definition) is 3. The molecule has 1 unspecified atom stereocenters. The van der Waals surface area contributed by atoms with Crippen molar-refractivity contribution < 1.29 is 9.90 Å². The number of benzene rings is 1. The normalized spacial score (nSPS) is 30.1. The highest BCUT2D eigenvalue weighted by Gasteiger charge is 2.36. The number of rotatable bonds is 5. The minimum absolute atomic E-state index is 0.335. The first kappa shape index (κ1) is 13.6. The third-order valence-corrected chi connectivity index (χ3v) is 4.65. The lowest BCUT2D eigenvalue weighted by molar-refractivity contribution is -0.140. The first-order valence-electron chi connectivity index (χ1n) is 7.47. The largest absolute Gasteiger partial charge is 0.480 e. The van der Waals surface area contributed by atoms with Gasteiger partial charge in [-0.05, 0) is 43.8 Å². The number of piperidine rings is 3. The summed E-state index contributed by atoms with van der Waals surface area (Å²) in [7, 11) is 0. The van der Waals surface area contributed by atoms with E-state index in [1.54, 1.807) is 0 Å². The Morgan fingerprint density at radius 1 is 1.30 bits per heavy atom. The van der Waals surface area contributed by atoms with Crippen molar-refractivity contribution in [3.63, 3.8) is 0 Å². The molecule has 0 saturated carbocycles. The molecular formula is C16H22N2O2. The molecule has 2 atom stereocenters. The second-order valence-electron chi connectivity index (χ2n) is 5.99. The summed E-state index contributed by atoms with van der Waals surface area (Å²) in [6, 6.07) is 9.72. The van der Waals surface area contributed by atoms with Crippen molar-refractivity contribution >= 4 is 5.97 Å². The fraction of sp³-hybridized carbons (Fsp3) is 0.562. The van der Waals surface area contributed by atoms with Crippen LogP contribution in [0.15, 0.2) is 30.3 Å². The summed E-state index contributed by atoms with van der Waals surface area (Å²) in [5.41, 5.74) is 1.08. The van der Waals surface area contributed by atoms with Crippen LogP contribution in [0.5, 0.6) is 0 Å². The number of carboxylic acid groups (broad SMARTS) is 1. The molecule has 108 valence electrons. The zero-order chi connectivity index (χ0) is 13.9. The van der Waals surface area contributed by atoms with E-state index in [0.29, 0.717) is 18.4 Å². The van der Waals surface area contributed by atoms with Crippen LogP contribution in [0.25, 0.3) is 0 Å². The van der Waals surface area contributed by atoms with Gasteiger partial charge in [-0.1, -0.05) is 30.3 Å². The van der Waals surface area contributed by atoms with Gasteiger partial charge in [-0.25, -0.2) is 0 Å². The number of carboxylic acids is 1. The average Bonchev–Trinajstić information content (AvgIpc) is 2.49. The van der Waals surface area contributed by atoms with E-state index in [4.69, 9.17) is 0 Å². The summed E-state index contributed by atoms with van der Waals surface area (Å²) in [6.07, 6.45) is 2.96. The molecule has 4 rings (SSSR count). The van der Waals surface area contributed by atoms with Gasteiger partial charge in [-0.3, -0.25) is 10.1 Å². The van der Waals surface area contributed by atoms with Crippen molar-refractivity contribution in [2.75, 3.05) is 19.6 Å². The zero-order valence-corrected chi connectivity index (χ0v) is 11.7. The van der Waals surface area contributed by atoms with Crippen LogP contribution in [-0.4, -0.2) is 47.7 Å². The molecule has 3 heterocycles. The molecule has 0 aliphatic carbocycles. The van der Waals surface area contributed by atoms with Crippen molar-refractivity contribution in [3.8, 4) is 0 Å². The molecule has 0 amide bonds. The quantitative estimate of drug-likeness (QED) is 0.851. The summed E-state index contributed by atoms with van der Waals surface area (Å²) < 4.78 is 0. The van der Waals surface area contributed by atoms with E-state index in [0.717, 1.165) is 12.1 Å². The maximum Gasteiger partial charge on any atom is 0.321 e. The number of nitrogens with one attached hydrogen (secondary N) is 1. The Hall–Kier alpha value is -1.39. The van der Waals surface area contributed by atoms with Gasteiger partial charge in [0.25, 0.3) is 0 Å². The highest BCUT2D eigenvalue weighted by atomic mass is 16.4. The first-order chi connectivity index (χ1) is 9.72. The van der Waals surface area contributed by atoms with Crippen LogP contribution in [0.1, 0.15) is 18.4 Å². The molecule has 0 radical (unpaired) electrons. The summed E-state index contributed by atoms with van der Waals surface area (Å²) in [6.45, 7) is 3.36. The van der Waals surface area contributed by atoms with Crippen LogP contribution in [0.2, 0.25) is 0 Å². The number of nitrogens with zero attached hydrogens (tertiary/aromatic N) is 1.